The fourth-order valence-electron chi connectivity index (χ4n) is 5.56. The van der Waals surface area contributed by atoms with Gasteiger partial charge < -0.3 is 15.3 Å². The molecule has 4 amide bonds. The molecule has 3 atom stereocenters. The van der Waals surface area contributed by atoms with Crippen LogP contribution >= 0.6 is 11.6 Å². The van der Waals surface area contributed by atoms with E-state index in [1.807, 2.05) is 0 Å². The molecule has 5 rings (SSSR count). The summed E-state index contributed by atoms with van der Waals surface area (Å²) >= 11 is 6.52. The van der Waals surface area contributed by atoms with Gasteiger partial charge in [0.25, 0.3) is 11.8 Å². The molecule has 2 N–H and O–H groups in total. The molecule has 2 aromatic carbocycles. The Kier molecular flexibility index (Phi) is 8.96. The van der Waals surface area contributed by atoms with Crippen LogP contribution < -0.4 is 15.1 Å². The summed E-state index contributed by atoms with van der Waals surface area (Å²) in [5.41, 5.74) is -0.00913. The molecule has 1 saturated heterocycles. The number of carboxylic acids is 1. The van der Waals surface area contributed by atoms with Crippen LogP contribution in [0, 0.1) is 5.82 Å². The SMILES string of the molecule is CCC(C(=O)O)N1C[C@@H](C(=O)N(c2cccc(F)c2)C(C(=O)NC2CC(F)(F)C2)c2ccccc2Cl)N(c2ncccn2)C1=O. The fraction of sp³-hybridized carbons (Fsp3) is 0.333. The normalized spacial score (nSPS) is 19.0. The van der Waals surface area contributed by atoms with E-state index in [1.165, 1.54) is 42.7 Å². The van der Waals surface area contributed by atoms with Crippen LogP contribution in [0.2, 0.25) is 5.02 Å². The van der Waals surface area contributed by atoms with Crippen molar-refractivity contribution in [2.75, 3.05) is 16.3 Å². The number of carbonyl (C=O) groups is 4. The molecule has 0 radical (unpaired) electrons. The van der Waals surface area contributed by atoms with E-state index in [4.69, 9.17) is 11.6 Å². The number of aromatic nitrogens is 2. The minimum absolute atomic E-state index is 0.00968. The average Bonchev–Trinajstić information content (AvgIpc) is 3.32. The number of urea groups is 1. The van der Waals surface area contributed by atoms with Gasteiger partial charge in [-0.25, -0.2) is 37.6 Å². The van der Waals surface area contributed by atoms with Crippen LogP contribution in [-0.2, 0) is 14.4 Å². The number of benzene rings is 2. The third-order valence-electron chi connectivity index (χ3n) is 7.70. The van der Waals surface area contributed by atoms with E-state index in [0.717, 1.165) is 26.8 Å². The van der Waals surface area contributed by atoms with Crippen LogP contribution in [-0.4, -0.2) is 74.4 Å². The average molecular weight is 645 g/mol. The molecule has 11 nitrogen and oxygen atoms in total. The molecule has 2 aliphatic rings. The number of nitrogens with one attached hydrogen (secondary N) is 1. The van der Waals surface area contributed by atoms with Crippen molar-refractivity contribution >= 4 is 47.1 Å². The highest BCUT2D eigenvalue weighted by Crippen LogP contribution is 2.39. The molecule has 1 aromatic heterocycles. The van der Waals surface area contributed by atoms with E-state index in [0.29, 0.717) is 0 Å². The quantitative estimate of drug-likeness (QED) is 0.333. The number of hydrogen-bond acceptors (Lipinski definition) is 6. The van der Waals surface area contributed by atoms with Crippen molar-refractivity contribution in [3.05, 3.63) is 83.4 Å². The van der Waals surface area contributed by atoms with Crippen molar-refractivity contribution in [3.8, 4) is 0 Å². The van der Waals surface area contributed by atoms with Gasteiger partial charge in [-0.05, 0) is 36.8 Å². The van der Waals surface area contributed by atoms with Crippen molar-refractivity contribution in [3.63, 3.8) is 0 Å². The number of nitrogens with zero attached hydrogens (tertiary/aromatic N) is 5. The number of halogens is 4. The summed E-state index contributed by atoms with van der Waals surface area (Å²) in [5, 5.41) is 12.4. The molecule has 15 heteroatoms. The van der Waals surface area contributed by atoms with Gasteiger partial charge in [-0.15, -0.1) is 0 Å². The molecule has 1 aliphatic carbocycles. The second kappa shape index (κ2) is 12.7. The van der Waals surface area contributed by atoms with E-state index in [-0.39, 0.29) is 28.6 Å². The molecule has 3 aromatic rings. The van der Waals surface area contributed by atoms with E-state index >= 15 is 0 Å². The standard InChI is InChI=1S/C30H28ClF3N6O5/c1-2-22(27(43)44)38-16-23(40(29(38)45)28-35-11-6-12-36-28)26(42)39(19-8-5-7-17(32)13-19)24(20-9-3-4-10-21(20)31)25(41)37-18-14-30(33,34)15-18/h3-13,18,22-24H,2,14-16H2,1H3,(H,37,41)(H,43,44)/t22?,23-,24?/m0/s1. The number of alkyl halides is 2. The molecule has 2 fully saturated rings. The molecule has 2 unspecified atom stereocenters. The summed E-state index contributed by atoms with van der Waals surface area (Å²) in [6.45, 7) is 1.11. The van der Waals surface area contributed by atoms with Gasteiger partial charge in [-0.3, -0.25) is 14.5 Å². The van der Waals surface area contributed by atoms with Gasteiger partial charge in [0.2, 0.25) is 11.9 Å². The Morgan fingerprint density at radius 1 is 1.11 bits per heavy atom. The predicted molar refractivity (Wildman–Crippen MR) is 156 cm³/mol. The second-order valence-electron chi connectivity index (χ2n) is 10.7. The zero-order chi connectivity index (χ0) is 32.5. The Labute approximate surface area is 260 Å². The van der Waals surface area contributed by atoms with Crippen LogP contribution in [0.15, 0.2) is 67.0 Å². The Hall–Kier alpha value is -4.72. The molecule has 45 heavy (non-hydrogen) atoms. The lowest BCUT2D eigenvalue weighted by Crippen LogP contribution is -2.56. The summed E-state index contributed by atoms with van der Waals surface area (Å²) in [7, 11) is 0. The van der Waals surface area contributed by atoms with Crippen LogP contribution in [0.4, 0.5) is 29.6 Å². The first kappa shape index (κ1) is 31.7. The third kappa shape index (κ3) is 6.41. The first-order chi connectivity index (χ1) is 21.4. The van der Waals surface area contributed by atoms with E-state index < -0.39 is 79.1 Å². The minimum atomic E-state index is -2.96. The number of carbonyl (C=O) groups excluding carboxylic acids is 3. The number of rotatable bonds is 10. The monoisotopic (exact) mass is 644 g/mol. The summed E-state index contributed by atoms with van der Waals surface area (Å²) in [4.78, 5) is 65.6. The van der Waals surface area contributed by atoms with Crippen LogP contribution in [0.25, 0.3) is 0 Å². The van der Waals surface area contributed by atoms with Gasteiger partial charge in [-0.2, -0.15) is 0 Å². The number of amides is 4. The van der Waals surface area contributed by atoms with Crippen molar-refractivity contribution in [2.24, 2.45) is 0 Å². The molecule has 1 saturated carbocycles. The second-order valence-corrected chi connectivity index (χ2v) is 11.1. The van der Waals surface area contributed by atoms with Crippen molar-refractivity contribution < 1.29 is 37.5 Å². The lowest BCUT2D eigenvalue weighted by Gasteiger charge is -2.39. The fourth-order valence-corrected chi connectivity index (χ4v) is 5.80. The van der Waals surface area contributed by atoms with Gasteiger partial charge in [0.15, 0.2) is 0 Å². The molecule has 0 bridgehead atoms. The Morgan fingerprint density at radius 3 is 2.40 bits per heavy atom. The van der Waals surface area contributed by atoms with Crippen LogP contribution in [0.3, 0.4) is 0 Å². The molecule has 2 heterocycles. The third-order valence-corrected chi connectivity index (χ3v) is 8.04. The van der Waals surface area contributed by atoms with Crippen molar-refractivity contribution in [1.29, 1.82) is 0 Å². The molecule has 1 aliphatic heterocycles. The van der Waals surface area contributed by atoms with Gasteiger partial charge in [0.05, 0.1) is 6.54 Å². The van der Waals surface area contributed by atoms with Gasteiger partial charge in [0, 0.05) is 47.6 Å². The van der Waals surface area contributed by atoms with Gasteiger partial charge in [0.1, 0.15) is 23.9 Å². The maximum Gasteiger partial charge on any atom is 0.328 e. The van der Waals surface area contributed by atoms with E-state index in [9.17, 15) is 37.5 Å². The lowest BCUT2D eigenvalue weighted by molar-refractivity contribution is -0.142. The van der Waals surface area contributed by atoms with E-state index in [2.05, 4.69) is 15.3 Å². The number of hydrogen-bond donors (Lipinski definition) is 2. The predicted octanol–water partition coefficient (Wildman–Crippen LogP) is 4.43. The largest absolute Gasteiger partial charge is 0.480 e. The number of aliphatic carboxylic acids is 1. The summed E-state index contributed by atoms with van der Waals surface area (Å²) in [6, 6.07) is 6.12. The highest BCUT2D eigenvalue weighted by atomic mass is 35.5. The maximum atomic E-state index is 14.8. The van der Waals surface area contributed by atoms with Crippen LogP contribution in [0.1, 0.15) is 37.8 Å². The lowest BCUT2D eigenvalue weighted by atomic mass is 9.87. The molecular weight excluding hydrogens is 617 g/mol. The Bertz CT molecular complexity index is 1610. The topological polar surface area (TPSA) is 136 Å². The van der Waals surface area contributed by atoms with Crippen molar-refractivity contribution in [2.45, 2.75) is 56.3 Å². The summed E-state index contributed by atoms with van der Waals surface area (Å²) in [6.07, 6.45) is 1.44. The number of anilines is 2. The molecule has 0 spiro atoms. The Balaban J connectivity index is 1.65. The number of carboxylic acid groups (broad SMARTS) is 1. The van der Waals surface area contributed by atoms with Crippen molar-refractivity contribution in [1.82, 2.24) is 20.2 Å². The zero-order valence-corrected chi connectivity index (χ0v) is 24.6. The smallest absolute Gasteiger partial charge is 0.328 e. The van der Waals surface area contributed by atoms with Gasteiger partial charge in [-0.1, -0.05) is 42.8 Å². The highest BCUT2D eigenvalue weighted by molar-refractivity contribution is 6.31. The molecule has 236 valence electrons. The maximum absolute atomic E-state index is 14.8. The van der Waals surface area contributed by atoms with Crippen LogP contribution in [0.5, 0.6) is 0 Å². The molecular formula is C30H28ClF3N6O5. The zero-order valence-electron chi connectivity index (χ0n) is 23.8. The Morgan fingerprint density at radius 2 is 1.80 bits per heavy atom. The highest BCUT2D eigenvalue weighted by Gasteiger charge is 2.51. The summed E-state index contributed by atoms with van der Waals surface area (Å²) in [5.74, 6) is -7.03. The summed E-state index contributed by atoms with van der Waals surface area (Å²) < 4.78 is 42.0. The minimum Gasteiger partial charge on any atom is -0.480 e. The van der Waals surface area contributed by atoms with Gasteiger partial charge >= 0.3 is 12.0 Å². The first-order valence-electron chi connectivity index (χ1n) is 14.0. The first-order valence-corrected chi connectivity index (χ1v) is 14.4. The van der Waals surface area contributed by atoms with E-state index in [1.54, 1.807) is 19.1 Å².